The third kappa shape index (κ3) is 8.08. The second-order valence-electron chi connectivity index (χ2n) is 4.68. The molecule has 0 aromatic heterocycles. The zero-order chi connectivity index (χ0) is 12.3. The van der Waals surface area contributed by atoms with E-state index < -0.39 is 0 Å². The highest BCUT2D eigenvalue weighted by Gasteiger charge is 2.22. The van der Waals surface area contributed by atoms with Crippen molar-refractivity contribution in [2.24, 2.45) is 5.41 Å². The molecule has 0 fully saturated rings. The molecular formula is C13H29NO2. The Morgan fingerprint density at radius 2 is 1.88 bits per heavy atom. The van der Waals surface area contributed by atoms with Crippen molar-refractivity contribution in [2.45, 2.75) is 40.0 Å². The lowest BCUT2D eigenvalue weighted by Crippen LogP contribution is -2.34. The van der Waals surface area contributed by atoms with Crippen LogP contribution in [0.5, 0.6) is 0 Å². The summed E-state index contributed by atoms with van der Waals surface area (Å²) in [4.78, 5) is 0. The summed E-state index contributed by atoms with van der Waals surface area (Å²) in [6.45, 7) is 11.1. The van der Waals surface area contributed by atoms with E-state index in [1.54, 1.807) is 7.11 Å². The summed E-state index contributed by atoms with van der Waals surface area (Å²) in [6, 6.07) is 0. The van der Waals surface area contributed by atoms with Crippen LogP contribution >= 0.6 is 0 Å². The van der Waals surface area contributed by atoms with E-state index in [2.05, 4.69) is 19.2 Å². The molecule has 0 heterocycles. The van der Waals surface area contributed by atoms with E-state index in [0.717, 1.165) is 39.3 Å². The fourth-order valence-electron chi connectivity index (χ4n) is 1.93. The van der Waals surface area contributed by atoms with Crippen molar-refractivity contribution < 1.29 is 9.47 Å². The average molecular weight is 231 g/mol. The zero-order valence-corrected chi connectivity index (χ0v) is 11.5. The van der Waals surface area contributed by atoms with Gasteiger partial charge in [0, 0.05) is 33.4 Å². The Hall–Kier alpha value is -0.120. The van der Waals surface area contributed by atoms with Crippen molar-refractivity contribution in [3.8, 4) is 0 Å². The van der Waals surface area contributed by atoms with E-state index in [9.17, 15) is 0 Å². The summed E-state index contributed by atoms with van der Waals surface area (Å²) in [6.07, 6.45) is 3.61. The Kier molecular flexibility index (Phi) is 9.99. The predicted octanol–water partition coefficient (Wildman–Crippen LogP) is 2.46. The molecule has 3 nitrogen and oxygen atoms in total. The first-order valence-electron chi connectivity index (χ1n) is 6.46. The Morgan fingerprint density at radius 1 is 1.12 bits per heavy atom. The zero-order valence-electron chi connectivity index (χ0n) is 11.5. The standard InChI is InChI=1S/C13H29NO2/c1-5-7-13(3,8-10-16-6-2)12-14-9-11-15-4/h14H,5-12H2,1-4H3. The summed E-state index contributed by atoms with van der Waals surface area (Å²) >= 11 is 0. The molecule has 1 unspecified atom stereocenters. The molecule has 0 spiro atoms. The summed E-state index contributed by atoms with van der Waals surface area (Å²) < 4.78 is 10.5. The van der Waals surface area contributed by atoms with Crippen LogP contribution in [0.4, 0.5) is 0 Å². The smallest absolute Gasteiger partial charge is 0.0587 e. The molecule has 0 aliphatic heterocycles. The average Bonchev–Trinajstić information content (AvgIpc) is 2.25. The second-order valence-corrected chi connectivity index (χ2v) is 4.68. The molecule has 0 amide bonds. The maximum Gasteiger partial charge on any atom is 0.0587 e. The van der Waals surface area contributed by atoms with E-state index in [-0.39, 0.29) is 0 Å². The van der Waals surface area contributed by atoms with E-state index in [4.69, 9.17) is 9.47 Å². The van der Waals surface area contributed by atoms with Gasteiger partial charge in [0.1, 0.15) is 0 Å². The van der Waals surface area contributed by atoms with Gasteiger partial charge in [-0.1, -0.05) is 20.3 Å². The maximum absolute atomic E-state index is 5.45. The second kappa shape index (κ2) is 10.1. The van der Waals surface area contributed by atoms with Crippen LogP contribution in [-0.4, -0.2) is 40.0 Å². The number of hydrogen-bond donors (Lipinski definition) is 1. The molecular weight excluding hydrogens is 202 g/mol. The van der Waals surface area contributed by atoms with Gasteiger partial charge in [-0.25, -0.2) is 0 Å². The minimum atomic E-state index is 0.359. The molecule has 0 radical (unpaired) electrons. The van der Waals surface area contributed by atoms with Gasteiger partial charge < -0.3 is 14.8 Å². The van der Waals surface area contributed by atoms with Crippen molar-refractivity contribution in [2.75, 3.05) is 40.0 Å². The Labute approximate surface area is 101 Å². The molecule has 3 heteroatoms. The third-order valence-electron chi connectivity index (χ3n) is 2.94. The molecule has 0 aromatic carbocycles. The van der Waals surface area contributed by atoms with Crippen LogP contribution in [0.1, 0.15) is 40.0 Å². The molecule has 0 saturated heterocycles. The molecule has 16 heavy (non-hydrogen) atoms. The molecule has 0 rings (SSSR count). The van der Waals surface area contributed by atoms with Crippen molar-refractivity contribution in [1.82, 2.24) is 5.32 Å². The van der Waals surface area contributed by atoms with Crippen LogP contribution in [0.25, 0.3) is 0 Å². The largest absolute Gasteiger partial charge is 0.383 e. The van der Waals surface area contributed by atoms with Crippen molar-refractivity contribution >= 4 is 0 Å². The normalized spacial score (nSPS) is 15.0. The quantitative estimate of drug-likeness (QED) is 0.554. The van der Waals surface area contributed by atoms with Gasteiger partial charge in [-0.2, -0.15) is 0 Å². The number of ether oxygens (including phenoxy) is 2. The molecule has 0 aliphatic rings. The number of rotatable bonds is 11. The van der Waals surface area contributed by atoms with Crippen LogP contribution < -0.4 is 5.32 Å². The molecule has 1 atom stereocenters. The Morgan fingerprint density at radius 3 is 2.44 bits per heavy atom. The number of methoxy groups -OCH3 is 1. The minimum absolute atomic E-state index is 0.359. The van der Waals surface area contributed by atoms with Gasteiger partial charge in [0.25, 0.3) is 0 Å². The van der Waals surface area contributed by atoms with Crippen LogP contribution in [0.3, 0.4) is 0 Å². The Balaban J connectivity index is 3.81. The van der Waals surface area contributed by atoms with Gasteiger partial charge in [-0.05, 0) is 25.2 Å². The molecule has 0 aromatic rings. The van der Waals surface area contributed by atoms with E-state index in [0.29, 0.717) is 5.41 Å². The molecule has 0 aliphatic carbocycles. The first kappa shape index (κ1) is 15.9. The fourth-order valence-corrected chi connectivity index (χ4v) is 1.93. The van der Waals surface area contributed by atoms with E-state index >= 15 is 0 Å². The van der Waals surface area contributed by atoms with Crippen molar-refractivity contribution in [3.05, 3.63) is 0 Å². The predicted molar refractivity (Wildman–Crippen MR) is 68.9 cm³/mol. The van der Waals surface area contributed by atoms with Crippen LogP contribution in [0.2, 0.25) is 0 Å². The number of hydrogen-bond acceptors (Lipinski definition) is 3. The van der Waals surface area contributed by atoms with Crippen LogP contribution in [0, 0.1) is 5.41 Å². The summed E-state index contributed by atoms with van der Waals surface area (Å²) in [5, 5.41) is 3.46. The highest BCUT2D eigenvalue weighted by Crippen LogP contribution is 2.26. The molecule has 0 bridgehead atoms. The van der Waals surface area contributed by atoms with Crippen LogP contribution in [0.15, 0.2) is 0 Å². The topological polar surface area (TPSA) is 30.5 Å². The fraction of sp³-hybridized carbons (Fsp3) is 1.00. The highest BCUT2D eigenvalue weighted by atomic mass is 16.5. The molecule has 1 N–H and O–H groups in total. The molecule has 98 valence electrons. The highest BCUT2D eigenvalue weighted by molar-refractivity contribution is 4.76. The third-order valence-corrected chi connectivity index (χ3v) is 2.94. The van der Waals surface area contributed by atoms with E-state index in [1.165, 1.54) is 12.8 Å². The lowest BCUT2D eigenvalue weighted by molar-refractivity contribution is 0.102. The van der Waals surface area contributed by atoms with Crippen molar-refractivity contribution in [3.63, 3.8) is 0 Å². The number of nitrogens with one attached hydrogen (secondary N) is 1. The maximum atomic E-state index is 5.45. The van der Waals surface area contributed by atoms with Gasteiger partial charge in [-0.15, -0.1) is 0 Å². The van der Waals surface area contributed by atoms with Gasteiger partial charge in [0.15, 0.2) is 0 Å². The van der Waals surface area contributed by atoms with Gasteiger partial charge in [0.05, 0.1) is 6.61 Å². The Bertz CT molecular complexity index is 153. The van der Waals surface area contributed by atoms with Gasteiger partial charge in [-0.3, -0.25) is 0 Å². The first-order valence-corrected chi connectivity index (χ1v) is 6.46. The van der Waals surface area contributed by atoms with Crippen molar-refractivity contribution in [1.29, 1.82) is 0 Å². The first-order chi connectivity index (χ1) is 7.68. The summed E-state index contributed by atoms with van der Waals surface area (Å²) in [5.41, 5.74) is 0.359. The lowest BCUT2D eigenvalue weighted by Gasteiger charge is -2.29. The van der Waals surface area contributed by atoms with Gasteiger partial charge in [0.2, 0.25) is 0 Å². The molecule has 0 saturated carbocycles. The summed E-state index contributed by atoms with van der Waals surface area (Å²) in [5.74, 6) is 0. The minimum Gasteiger partial charge on any atom is -0.383 e. The SMILES string of the molecule is CCCC(C)(CCOCC)CNCCOC. The van der Waals surface area contributed by atoms with Gasteiger partial charge >= 0.3 is 0 Å². The van der Waals surface area contributed by atoms with E-state index in [1.807, 2.05) is 6.92 Å². The van der Waals surface area contributed by atoms with Crippen LogP contribution in [-0.2, 0) is 9.47 Å². The summed E-state index contributed by atoms with van der Waals surface area (Å²) in [7, 11) is 1.74. The monoisotopic (exact) mass is 231 g/mol. The lowest BCUT2D eigenvalue weighted by atomic mass is 9.82.